The largest absolute Gasteiger partial charge is 0.493 e. The van der Waals surface area contributed by atoms with Crippen molar-refractivity contribution < 1.29 is 23.8 Å². The molecule has 1 aliphatic rings. The van der Waals surface area contributed by atoms with E-state index in [4.69, 9.17) is 14.2 Å². The standard InChI is InChI=1S/C19H29N3O5.ClH/c1-20-19(24)14(22-9-7-21-8-10-22)5-6-15(23)13-11-16(25-2)18(27-4)17(12-13)26-3;/h11-12,14,21H,5-10H2,1-4H3,(H,20,24);1H. The van der Waals surface area contributed by atoms with E-state index in [1.807, 2.05) is 0 Å². The number of nitrogens with zero attached hydrogens (tertiary/aromatic N) is 1. The first-order valence-corrected chi connectivity index (χ1v) is 9.05. The summed E-state index contributed by atoms with van der Waals surface area (Å²) in [6.07, 6.45) is 0.704. The summed E-state index contributed by atoms with van der Waals surface area (Å²) in [6, 6.07) is 2.97. The van der Waals surface area contributed by atoms with Crippen LogP contribution in [0.1, 0.15) is 23.2 Å². The van der Waals surface area contributed by atoms with Crippen molar-refractivity contribution in [2.45, 2.75) is 18.9 Å². The number of ketones is 1. The molecule has 28 heavy (non-hydrogen) atoms. The van der Waals surface area contributed by atoms with E-state index in [1.165, 1.54) is 21.3 Å². The molecular formula is C19H30ClN3O5. The van der Waals surface area contributed by atoms with Gasteiger partial charge < -0.3 is 24.8 Å². The number of hydrogen-bond acceptors (Lipinski definition) is 7. The predicted molar refractivity (Wildman–Crippen MR) is 109 cm³/mol. The fourth-order valence-electron chi connectivity index (χ4n) is 3.29. The third kappa shape index (κ3) is 5.73. The van der Waals surface area contributed by atoms with Gasteiger partial charge in [-0.3, -0.25) is 14.5 Å². The van der Waals surface area contributed by atoms with Crippen molar-refractivity contribution in [1.29, 1.82) is 0 Å². The van der Waals surface area contributed by atoms with Crippen LogP contribution >= 0.6 is 12.4 Å². The summed E-state index contributed by atoms with van der Waals surface area (Å²) in [5, 5.41) is 5.98. The zero-order valence-electron chi connectivity index (χ0n) is 16.9. The van der Waals surface area contributed by atoms with Crippen LogP contribution in [0.2, 0.25) is 0 Å². The molecule has 1 aromatic carbocycles. The lowest BCUT2D eigenvalue weighted by Crippen LogP contribution is -2.53. The normalized spacial score (nSPS) is 15.1. The van der Waals surface area contributed by atoms with Gasteiger partial charge in [0.2, 0.25) is 11.7 Å². The number of hydrogen-bond donors (Lipinski definition) is 2. The monoisotopic (exact) mass is 415 g/mol. The van der Waals surface area contributed by atoms with Gasteiger partial charge in [-0.2, -0.15) is 0 Å². The molecule has 1 amide bonds. The highest BCUT2D eigenvalue weighted by molar-refractivity contribution is 5.97. The SMILES string of the molecule is CNC(=O)C(CCC(=O)c1cc(OC)c(OC)c(OC)c1)N1CCNCC1.Cl. The fourth-order valence-corrected chi connectivity index (χ4v) is 3.29. The molecule has 9 heteroatoms. The maximum absolute atomic E-state index is 12.8. The van der Waals surface area contributed by atoms with Crippen molar-refractivity contribution in [2.24, 2.45) is 0 Å². The van der Waals surface area contributed by atoms with Crippen molar-refractivity contribution in [1.82, 2.24) is 15.5 Å². The van der Waals surface area contributed by atoms with E-state index in [9.17, 15) is 9.59 Å². The second-order valence-electron chi connectivity index (χ2n) is 6.29. The Bertz CT molecular complexity index is 640. The molecule has 158 valence electrons. The van der Waals surface area contributed by atoms with Crippen LogP contribution in [0.15, 0.2) is 12.1 Å². The summed E-state index contributed by atoms with van der Waals surface area (Å²) in [5.41, 5.74) is 0.473. The van der Waals surface area contributed by atoms with Crippen LogP contribution in [-0.4, -0.2) is 77.2 Å². The summed E-state index contributed by atoms with van der Waals surface area (Å²) in [5.74, 6) is 1.18. The summed E-state index contributed by atoms with van der Waals surface area (Å²) in [7, 11) is 6.16. The Morgan fingerprint density at radius 2 is 1.68 bits per heavy atom. The van der Waals surface area contributed by atoms with E-state index in [1.54, 1.807) is 19.2 Å². The average molecular weight is 416 g/mol. The highest BCUT2D eigenvalue weighted by Gasteiger charge is 2.27. The third-order valence-electron chi connectivity index (χ3n) is 4.77. The van der Waals surface area contributed by atoms with Crippen LogP contribution in [0.3, 0.4) is 0 Å². The molecule has 1 aliphatic heterocycles. The predicted octanol–water partition coefficient (Wildman–Crippen LogP) is 1.12. The molecule has 0 saturated carbocycles. The third-order valence-corrected chi connectivity index (χ3v) is 4.77. The van der Waals surface area contributed by atoms with E-state index in [2.05, 4.69) is 15.5 Å². The van der Waals surface area contributed by atoms with Gasteiger partial charge in [-0.25, -0.2) is 0 Å². The molecule has 0 radical (unpaired) electrons. The van der Waals surface area contributed by atoms with Gasteiger partial charge in [0.25, 0.3) is 0 Å². The average Bonchev–Trinajstić information content (AvgIpc) is 2.72. The Balaban J connectivity index is 0.00000392. The molecule has 1 aromatic rings. The van der Waals surface area contributed by atoms with Crippen LogP contribution in [-0.2, 0) is 4.79 Å². The number of rotatable bonds is 9. The number of carbonyl (C=O) groups is 2. The lowest BCUT2D eigenvalue weighted by atomic mass is 10.0. The smallest absolute Gasteiger partial charge is 0.237 e. The highest BCUT2D eigenvalue weighted by atomic mass is 35.5. The van der Waals surface area contributed by atoms with Gasteiger partial charge in [0.15, 0.2) is 17.3 Å². The summed E-state index contributed by atoms with van der Waals surface area (Å²) in [6.45, 7) is 3.26. The number of ether oxygens (including phenoxy) is 3. The van der Waals surface area contributed by atoms with Gasteiger partial charge in [-0.1, -0.05) is 0 Å². The Morgan fingerprint density at radius 3 is 2.14 bits per heavy atom. The molecule has 1 fully saturated rings. The van der Waals surface area contributed by atoms with Crippen LogP contribution < -0.4 is 24.8 Å². The number of amides is 1. The lowest BCUT2D eigenvalue weighted by molar-refractivity contribution is -0.126. The Morgan fingerprint density at radius 1 is 1.11 bits per heavy atom. The number of likely N-dealkylation sites (N-methyl/N-ethyl adjacent to an activating group) is 1. The van der Waals surface area contributed by atoms with E-state index in [-0.39, 0.29) is 36.6 Å². The van der Waals surface area contributed by atoms with Crippen LogP contribution in [0.4, 0.5) is 0 Å². The molecule has 0 aliphatic carbocycles. The van der Waals surface area contributed by atoms with E-state index >= 15 is 0 Å². The Labute approximate surface area is 172 Å². The zero-order chi connectivity index (χ0) is 19.8. The summed E-state index contributed by atoms with van der Waals surface area (Å²) >= 11 is 0. The van der Waals surface area contributed by atoms with E-state index < -0.39 is 0 Å². The molecule has 1 atom stereocenters. The van der Waals surface area contributed by atoms with Gasteiger partial charge in [-0.05, 0) is 18.6 Å². The van der Waals surface area contributed by atoms with Crippen LogP contribution in [0, 0.1) is 0 Å². The minimum atomic E-state index is -0.317. The van der Waals surface area contributed by atoms with Crippen molar-refractivity contribution >= 4 is 24.1 Å². The summed E-state index contributed by atoms with van der Waals surface area (Å²) in [4.78, 5) is 27.2. The maximum atomic E-state index is 12.8. The molecule has 1 heterocycles. The number of methoxy groups -OCH3 is 3. The molecule has 0 bridgehead atoms. The van der Waals surface area contributed by atoms with Gasteiger partial charge >= 0.3 is 0 Å². The molecule has 1 unspecified atom stereocenters. The molecule has 0 spiro atoms. The van der Waals surface area contributed by atoms with Crippen molar-refractivity contribution in [3.05, 3.63) is 17.7 Å². The van der Waals surface area contributed by atoms with Gasteiger partial charge in [0, 0.05) is 45.2 Å². The molecule has 0 aromatic heterocycles. The number of benzene rings is 1. The quantitative estimate of drug-likeness (QED) is 0.584. The van der Waals surface area contributed by atoms with E-state index in [0.717, 1.165) is 26.2 Å². The van der Waals surface area contributed by atoms with E-state index in [0.29, 0.717) is 29.2 Å². The fraction of sp³-hybridized carbons (Fsp3) is 0.579. The molecular weight excluding hydrogens is 386 g/mol. The topological polar surface area (TPSA) is 89.1 Å². The number of halogens is 1. The number of Topliss-reactive ketones (excluding diaryl/α,β-unsaturated/α-hetero) is 1. The minimum absolute atomic E-state index is 0. The number of piperazine rings is 1. The first-order chi connectivity index (χ1) is 13.0. The second-order valence-corrected chi connectivity index (χ2v) is 6.29. The van der Waals surface area contributed by atoms with Gasteiger partial charge in [0.05, 0.1) is 27.4 Å². The first kappa shape index (κ1) is 24.0. The van der Waals surface area contributed by atoms with Gasteiger partial charge in [0.1, 0.15) is 0 Å². The molecule has 8 nitrogen and oxygen atoms in total. The number of carbonyl (C=O) groups excluding carboxylic acids is 2. The summed E-state index contributed by atoms with van der Waals surface area (Å²) < 4.78 is 15.9. The molecule has 2 rings (SSSR count). The van der Waals surface area contributed by atoms with Crippen molar-refractivity contribution in [2.75, 3.05) is 54.6 Å². The van der Waals surface area contributed by atoms with Crippen LogP contribution in [0.5, 0.6) is 17.2 Å². The minimum Gasteiger partial charge on any atom is -0.493 e. The lowest BCUT2D eigenvalue weighted by Gasteiger charge is -2.33. The second kappa shape index (κ2) is 11.7. The Hall–Kier alpha value is -2.03. The van der Waals surface area contributed by atoms with Crippen molar-refractivity contribution in [3.63, 3.8) is 0 Å². The molecule has 1 saturated heterocycles. The Kier molecular flexibility index (Phi) is 10.1. The van der Waals surface area contributed by atoms with Crippen LogP contribution in [0.25, 0.3) is 0 Å². The van der Waals surface area contributed by atoms with Crippen molar-refractivity contribution in [3.8, 4) is 17.2 Å². The van der Waals surface area contributed by atoms with Gasteiger partial charge in [-0.15, -0.1) is 12.4 Å². The highest BCUT2D eigenvalue weighted by Crippen LogP contribution is 2.38. The molecule has 2 N–H and O–H groups in total. The number of nitrogens with one attached hydrogen (secondary N) is 2. The first-order valence-electron chi connectivity index (χ1n) is 9.05. The maximum Gasteiger partial charge on any atom is 0.237 e. The zero-order valence-corrected chi connectivity index (χ0v) is 17.7.